The topological polar surface area (TPSA) is 197 Å². The molecule has 4 rings (SSSR count). The van der Waals surface area contributed by atoms with Gasteiger partial charge in [0.05, 0.1) is 30.0 Å². The first kappa shape index (κ1) is 32.2. The van der Waals surface area contributed by atoms with Crippen molar-refractivity contribution in [2.24, 2.45) is 23.2 Å². The lowest BCUT2D eigenvalue weighted by atomic mass is 10.00. The van der Waals surface area contributed by atoms with Crippen molar-refractivity contribution < 1.29 is 19.8 Å². The fourth-order valence-electron chi connectivity index (χ4n) is 4.51. The highest BCUT2D eigenvalue weighted by molar-refractivity contribution is 6.04. The Labute approximate surface area is 250 Å². The summed E-state index contributed by atoms with van der Waals surface area (Å²) in [5.41, 5.74) is 17.5. The molecule has 0 radical (unpaired) electrons. The molecule has 11 heteroatoms. The summed E-state index contributed by atoms with van der Waals surface area (Å²) in [5, 5.41) is 23.5. The van der Waals surface area contributed by atoms with Crippen LogP contribution in [0.1, 0.15) is 43.0 Å². The highest BCUT2D eigenvalue weighted by atomic mass is 16.4. The number of carboxylic acid groups (broad SMARTS) is 1. The van der Waals surface area contributed by atoms with Crippen LogP contribution in [0.15, 0.2) is 97.3 Å². The number of aliphatic hydroxyl groups excluding tert-OH is 1. The summed E-state index contributed by atoms with van der Waals surface area (Å²) in [5.74, 6) is 11.3. The van der Waals surface area contributed by atoms with Crippen molar-refractivity contribution in [3.8, 4) is 0 Å². The fraction of sp³-hybridized carbons (Fsp3) is 0.125. The maximum absolute atomic E-state index is 11.9. The van der Waals surface area contributed by atoms with E-state index in [1.165, 1.54) is 10.0 Å². The van der Waals surface area contributed by atoms with Crippen molar-refractivity contribution in [2.75, 3.05) is 14.2 Å². The molecule has 0 atom stereocenters. The first-order valence-corrected chi connectivity index (χ1v) is 13.2. The number of nitrogens with one attached hydrogen (secondary N) is 1. The molecule has 0 aliphatic rings. The second kappa shape index (κ2) is 15.0. The summed E-state index contributed by atoms with van der Waals surface area (Å²) in [6, 6.07) is 25.2. The number of carbonyl (C=O) groups excluding carboxylic acids is 1. The van der Waals surface area contributed by atoms with Gasteiger partial charge in [0.1, 0.15) is 0 Å². The Balaban J connectivity index is 0.00000248. The molecule has 0 fully saturated rings. The van der Waals surface area contributed by atoms with Crippen LogP contribution in [-0.4, -0.2) is 46.3 Å². The highest BCUT2D eigenvalue weighted by Gasteiger charge is 2.11. The van der Waals surface area contributed by atoms with Gasteiger partial charge in [-0.2, -0.15) is 0 Å². The molecule has 0 aliphatic carbocycles. The van der Waals surface area contributed by atoms with E-state index in [0.29, 0.717) is 35.4 Å². The minimum atomic E-state index is -0.979. The quantitative estimate of drug-likeness (QED) is 0.108. The third kappa shape index (κ3) is 8.33. The van der Waals surface area contributed by atoms with E-state index in [9.17, 15) is 14.7 Å². The second-order valence-corrected chi connectivity index (χ2v) is 9.49. The second-order valence-electron chi connectivity index (χ2n) is 9.49. The molecule has 0 aromatic heterocycles. The molecule has 0 saturated heterocycles. The largest absolute Gasteiger partial charge is 0.478 e. The zero-order valence-electron chi connectivity index (χ0n) is 24.1. The summed E-state index contributed by atoms with van der Waals surface area (Å²) < 4.78 is 0. The van der Waals surface area contributed by atoms with Gasteiger partial charge in [-0.3, -0.25) is 4.79 Å². The number of nitrogens with zero attached hydrogens (tertiary/aromatic N) is 2. The first-order valence-electron chi connectivity index (χ1n) is 13.2. The molecule has 4 aromatic rings. The molecule has 0 aliphatic heterocycles. The molecule has 0 spiro atoms. The number of carbonyl (C=O) groups is 2. The van der Waals surface area contributed by atoms with E-state index in [4.69, 9.17) is 28.3 Å². The Kier molecular flexibility index (Phi) is 11.2. The Hall–Kier alpha value is -5.36. The van der Waals surface area contributed by atoms with E-state index in [0.717, 1.165) is 34.7 Å². The summed E-state index contributed by atoms with van der Waals surface area (Å²) in [7, 11) is 2.58. The number of fused-ring (bicyclic) bond motifs is 1. The van der Waals surface area contributed by atoms with Gasteiger partial charge in [0, 0.05) is 32.1 Å². The molecule has 1 amide bonds. The number of aromatic carboxylic acids is 1. The average Bonchev–Trinajstić information content (AvgIpc) is 3.01. The third-order valence-corrected chi connectivity index (χ3v) is 6.54. The number of hydrogen-bond donors (Lipinski definition) is 7. The van der Waals surface area contributed by atoms with Crippen molar-refractivity contribution in [3.05, 3.63) is 131 Å². The zero-order valence-corrected chi connectivity index (χ0v) is 24.1. The normalized spacial score (nSPS) is 11.4. The molecule has 0 heterocycles. The van der Waals surface area contributed by atoms with Gasteiger partial charge in [-0.1, -0.05) is 66.7 Å². The van der Waals surface area contributed by atoms with Crippen LogP contribution in [-0.2, 0) is 13.1 Å². The first-order chi connectivity index (χ1) is 20.7. The van der Waals surface area contributed by atoms with E-state index in [1.807, 2.05) is 48.5 Å². The minimum absolute atomic E-state index is 0.167. The number of carboxylic acids is 1. The summed E-state index contributed by atoms with van der Waals surface area (Å²) >= 11 is 0. The lowest BCUT2D eigenvalue weighted by Crippen LogP contribution is -2.26. The SMILES string of the molecule is CNC(=O)c1cccc(CN(N)/C=C(\N)c2ccc(/C(N)=C/N(N)Cc3cccc4c(C(=O)O)cccc34)cc2)c1.CO. The predicted octanol–water partition coefficient (Wildman–Crippen LogP) is 2.77. The van der Waals surface area contributed by atoms with Crippen LogP contribution in [0, 0.1) is 0 Å². The van der Waals surface area contributed by atoms with Crippen LogP contribution in [0.2, 0.25) is 0 Å². The van der Waals surface area contributed by atoms with Crippen molar-refractivity contribution in [1.29, 1.82) is 0 Å². The van der Waals surface area contributed by atoms with Crippen LogP contribution >= 0.6 is 0 Å². The molecule has 43 heavy (non-hydrogen) atoms. The van der Waals surface area contributed by atoms with Crippen LogP contribution in [0.3, 0.4) is 0 Å². The van der Waals surface area contributed by atoms with Crippen LogP contribution in [0.5, 0.6) is 0 Å². The molecule has 0 bridgehead atoms. The molecule has 4 aromatic carbocycles. The summed E-state index contributed by atoms with van der Waals surface area (Å²) in [6.45, 7) is 0.688. The number of nitrogens with two attached hydrogens (primary N) is 4. The van der Waals surface area contributed by atoms with Gasteiger partial charge in [-0.25, -0.2) is 16.5 Å². The Morgan fingerprint density at radius 2 is 1.28 bits per heavy atom. The number of rotatable bonds is 10. The minimum Gasteiger partial charge on any atom is -0.478 e. The van der Waals surface area contributed by atoms with E-state index in [2.05, 4.69) is 5.32 Å². The Morgan fingerprint density at radius 1 is 0.744 bits per heavy atom. The number of benzene rings is 4. The smallest absolute Gasteiger partial charge is 0.336 e. The van der Waals surface area contributed by atoms with Gasteiger partial charge >= 0.3 is 5.97 Å². The van der Waals surface area contributed by atoms with Crippen molar-refractivity contribution in [3.63, 3.8) is 0 Å². The molecular formula is C32H37N7O4. The van der Waals surface area contributed by atoms with Crippen LogP contribution in [0.25, 0.3) is 22.2 Å². The standard InChI is InChI=1S/C31H33N7O3.CH4O/c1-36-30(39)23-6-2-5-20(15-23)16-37(34)18-28(32)21-11-13-22(14-12-21)29(33)19-38(35)17-24-7-3-9-26-25(24)8-4-10-27(26)31(40)41;1-2/h2-15,18-19H,16-17,32-35H2,1H3,(H,36,39)(H,40,41);2H,1H3/b28-18-,29-19-;. The Morgan fingerprint density at radius 3 is 1.86 bits per heavy atom. The van der Waals surface area contributed by atoms with Crippen LogP contribution in [0.4, 0.5) is 0 Å². The van der Waals surface area contributed by atoms with Gasteiger partial charge in [-0.15, -0.1) is 0 Å². The lowest BCUT2D eigenvalue weighted by Gasteiger charge is -2.17. The zero-order chi connectivity index (χ0) is 31.5. The van der Waals surface area contributed by atoms with E-state index in [-0.39, 0.29) is 11.5 Å². The molecule has 0 unspecified atom stereocenters. The lowest BCUT2D eigenvalue weighted by molar-refractivity contribution is 0.0698. The monoisotopic (exact) mass is 583 g/mol. The molecule has 11 N–H and O–H groups in total. The third-order valence-electron chi connectivity index (χ3n) is 6.54. The maximum Gasteiger partial charge on any atom is 0.336 e. The van der Waals surface area contributed by atoms with E-state index >= 15 is 0 Å². The maximum atomic E-state index is 11.9. The highest BCUT2D eigenvalue weighted by Crippen LogP contribution is 2.24. The fourth-order valence-corrected chi connectivity index (χ4v) is 4.51. The van der Waals surface area contributed by atoms with Crippen molar-refractivity contribution in [2.45, 2.75) is 13.1 Å². The van der Waals surface area contributed by atoms with Gasteiger partial charge in [0.25, 0.3) is 5.91 Å². The van der Waals surface area contributed by atoms with Gasteiger partial charge in [-0.05, 0) is 51.2 Å². The molecular weight excluding hydrogens is 546 g/mol. The number of amides is 1. The number of hydrazine groups is 2. The van der Waals surface area contributed by atoms with Gasteiger partial charge in [0.2, 0.25) is 0 Å². The van der Waals surface area contributed by atoms with E-state index < -0.39 is 5.97 Å². The van der Waals surface area contributed by atoms with Gasteiger partial charge < -0.3 is 37.0 Å². The predicted molar refractivity (Wildman–Crippen MR) is 169 cm³/mol. The van der Waals surface area contributed by atoms with Crippen molar-refractivity contribution in [1.82, 2.24) is 15.3 Å². The molecule has 0 saturated carbocycles. The molecule has 11 nitrogen and oxygen atoms in total. The van der Waals surface area contributed by atoms with E-state index in [1.54, 1.807) is 55.8 Å². The number of aliphatic hydroxyl groups is 1. The number of hydrogen-bond acceptors (Lipinski definition) is 9. The Bertz CT molecular complexity index is 1630. The van der Waals surface area contributed by atoms with Crippen LogP contribution < -0.4 is 28.5 Å². The van der Waals surface area contributed by atoms with Crippen molar-refractivity contribution >= 4 is 34.0 Å². The molecule has 224 valence electrons. The summed E-state index contributed by atoms with van der Waals surface area (Å²) in [4.78, 5) is 23.5. The van der Waals surface area contributed by atoms with Gasteiger partial charge in [0.15, 0.2) is 0 Å². The summed E-state index contributed by atoms with van der Waals surface area (Å²) in [6.07, 6.45) is 3.25. The average molecular weight is 584 g/mol.